The Morgan fingerprint density at radius 1 is 1.04 bits per heavy atom. The number of hydrogen-bond donors (Lipinski definition) is 3. The van der Waals surface area contributed by atoms with Gasteiger partial charge in [0.15, 0.2) is 6.79 Å². The van der Waals surface area contributed by atoms with Crippen LogP contribution in [0.25, 0.3) is 0 Å². The van der Waals surface area contributed by atoms with E-state index in [1.807, 2.05) is 23.1 Å². The summed E-state index contributed by atoms with van der Waals surface area (Å²) in [5.74, 6) is 1.26. The maximum absolute atomic E-state index is 13.6. The molecule has 3 aliphatic rings. The number of ether oxygens (including phenoxy) is 3. The molecule has 14 nitrogen and oxygen atoms in total. The molecule has 3 amide bonds. The number of anilines is 2. The summed E-state index contributed by atoms with van der Waals surface area (Å²) >= 11 is 0. The van der Waals surface area contributed by atoms with Crippen LogP contribution in [-0.2, 0) is 27.2 Å². The van der Waals surface area contributed by atoms with Crippen molar-refractivity contribution in [3.05, 3.63) is 41.1 Å². The molecule has 4 heterocycles. The smallest absolute Gasteiger partial charge is 0.410 e. The van der Waals surface area contributed by atoms with Crippen LogP contribution in [0.5, 0.6) is 5.75 Å². The quantitative estimate of drug-likeness (QED) is 0.320. The first kappa shape index (κ1) is 35.1. The van der Waals surface area contributed by atoms with E-state index in [2.05, 4.69) is 20.5 Å². The molecule has 3 aliphatic heterocycles. The monoisotopic (exact) mass is 667 g/mol. The number of piperidine rings is 1. The van der Waals surface area contributed by atoms with Gasteiger partial charge in [-0.1, -0.05) is 6.07 Å². The van der Waals surface area contributed by atoms with Gasteiger partial charge in [-0.2, -0.15) is 4.98 Å². The van der Waals surface area contributed by atoms with E-state index in [1.165, 1.54) is 4.90 Å². The maximum Gasteiger partial charge on any atom is 0.410 e. The minimum absolute atomic E-state index is 0.0706. The largest absolute Gasteiger partial charge is 0.468 e. The van der Waals surface area contributed by atoms with E-state index in [-0.39, 0.29) is 37.5 Å². The van der Waals surface area contributed by atoms with Gasteiger partial charge in [-0.05, 0) is 76.1 Å². The number of aliphatic hydroxyl groups excluding tert-OH is 1. The number of rotatable bonds is 10. The van der Waals surface area contributed by atoms with E-state index in [0.717, 1.165) is 49.9 Å². The summed E-state index contributed by atoms with van der Waals surface area (Å²) in [7, 11) is 1.54. The number of carbonyl (C=O) groups excluding carboxylic acids is 3. The third kappa shape index (κ3) is 9.04. The van der Waals surface area contributed by atoms with Gasteiger partial charge >= 0.3 is 6.09 Å². The second-order valence-electron chi connectivity index (χ2n) is 13.7. The van der Waals surface area contributed by atoms with Gasteiger partial charge in [-0.25, -0.2) is 9.78 Å². The molecule has 3 N–H and O–H groups in total. The number of likely N-dealkylation sites (tertiary alicyclic amines) is 1. The average molecular weight is 668 g/mol. The predicted octanol–water partition coefficient (Wildman–Crippen LogP) is 2.94. The lowest BCUT2D eigenvalue weighted by atomic mass is 9.91. The van der Waals surface area contributed by atoms with Gasteiger partial charge in [-0.3, -0.25) is 14.5 Å². The minimum Gasteiger partial charge on any atom is -0.468 e. The number of fused-ring (bicyclic) bond motifs is 1. The summed E-state index contributed by atoms with van der Waals surface area (Å²) in [6.45, 7) is 10.1. The van der Waals surface area contributed by atoms with E-state index in [9.17, 15) is 19.5 Å². The van der Waals surface area contributed by atoms with Gasteiger partial charge in [-0.15, -0.1) is 0 Å². The Kier molecular flexibility index (Phi) is 11.3. The molecule has 0 aliphatic carbocycles. The normalized spacial score (nSPS) is 19.0. The van der Waals surface area contributed by atoms with Crippen molar-refractivity contribution in [1.29, 1.82) is 0 Å². The van der Waals surface area contributed by atoms with E-state index < -0.39 is 29.7 Å². The van der Waals surface area contributed by atoms with Gasteiger partial charge < -0.3 is 39.8 Å². The molecule has 48 heavy (non-hydrogen) atoms. The van der Waals surface area contributed by atoms with Crippen LogP contribution in [0, 0.1) is 0 Å². The fourth-order valence-electron chi connectivity index (χ4n) is 6.32. The van der Waals surface area contributed by atoms with Crippen molar-refractivity contribution in [2.24, 2.45) is 0 Å². The highest BCUT2D eigenvalue weighted by molar-refractivity contribution is 5.93. The highest BCUT2D eigenvalue weighted by atomic mass is 16.7. The average Bonchev–Trinajstić information content (AvgIpc) is 3.60. The Bertz CT molecular complexity index is 1450. The molecule has 1 aromatic heterocycles. The molecule has 2 saturated heterocycles. The first-order valence-corrected chi connectivity index (χ1v) is 16.8. The van der Waals surface area contributed by atoms with E-state index in [4.69, 9.17) is 19.2 Å². The molecular weight excluding hydrogens is 618 g/mol. The minimum atomic E-state index is -1.09. The summed E-state index contributed by atoms with van der Waals surface area (Å²) in [5.41, 5.74) is 1.29. The summed E-state index contributed by atoms with van der Waals surface area (Å²) in [6.07, 6.45) is 2.31. The number of hydrogen-bond acceptors (Lipinski definition) is 11. The van der Waals surface area contributed by atoms with E-state index >= 15 is 0 Å². The zero-order chi connectivity index (χ0) is 34.4. The summed E-state index contributed by atoms with van der Waals surface area (Å²) in [5, 5.41) is 17.8. The number of aliphatic hydroxyl groups is 1. The number of amides is 3. The van der Waals surface area contributed by atoms with E-state index in [0.29, 0.717) is 37.0 Å². The third-order valence-electron chi connectivity index (χ3n) is 8.86. The highest BCUT2D eigenvalue weighted by Crippen LogP contribution is 2.30. The second-order valence-corrected chi connectivity index (χ2v) is 13.7. The number of aromatic nitrogens is 2. The first-order chi connectivity index (χ1) is 22.9. The number of benzene rings is 1. The van der Waals surface area contributed by atoms with Crippen LogP contribution >= 0.6 is 0 Å². The van der Waals surface area contributed by atoms with Gasteiger partial charge in [0, 0.05) is 65.4 Å². The van der Waals surface area contributed by atoms with Crippen molar-refractivity contribution in [3.8, 4) is 5.75 Å². The van der Waals surface area contributed by atoms with Crippen molar-refractivity contribution < 1.29 is 33.7 Å². The standard InChI is InChI=1S/C34H49N7O7/c1-22(42)39-14-10-25(11-15-39)36-30-18-27(37-32(38-30)40-12-6-7-13-40)31(44)35-19-29(43)28-17-23-8-9-26(47-21-46-5)16-24(23)20-41(28)33(45)48-34(2,3)4/h8-9,16,18,25,28-29,43H,6-7,10-15,17,19-21H2,1-5H3,(H,35,44)(H,36,37,38)/t28-,29+/m0/s1. The topological polar surface area (TPSA) is 159 Å². The summed E-state index contributed by atoms with van der Waals surface area (Å²) < 4.78 is 16.3. The number of nitrogens with zero attached hydrogens (tertiary/aromatic N) is 5. The van der Waals surface area contributed by atoms with Crippen LogP contribution in [0.3, 0.4) is 0 Å². The molecular formula is C34H49N7O7. The summed E-state index contributed by atoms with van der Waals surface area (Å²) in [4.78, 5) is 53.5. The second kappa shape index (κ2) is 15.4. The molecule has 1 aromatic carbocycles. The Morgan fingerprint density at radius 3 is 2.44 bits per heavy atom. The van der Waals surface area contributed by atoms with Crippen molar-refractivity contribution >= 4 is 29.7 Å². The fraction of sp³-hybridized carbons (Fsp3) is 0.618. The molecule has 0 saturated carbocycles. The molecule has 2 aromatic rings. The van der Waals surface area contributed by atoms with Crippen LogP contribution in [0.2, 0.25) is 0 Å². The highest BCUT2D eigenvalue weighted by Gasteiger charge is 2.37. The van der Waals surface area contributed by atoms with Gasteiger partial charge in [0.2, 0.25) is 11.9 Å². The zero-order valence-electron chi connectivity index (χ0n) is 28.7. The molecule has 0 radical (unpaired) electrons. The molecule has 262 valence electrons. The van der Waals surface area contributed by atoms with Crippen molar-refractivity contribution in [2.45, 2.75) is 90.1 Å². The fourth-order valence-corrected chi connectivity index (χ4v) is 6.32. The van der Waals surface area contributed by atoms with Gasteiger partial charge in [0.05, 0.1) is 12.1 Å². The lowest BCUT2D eigenvalue weighted by Gasteiger charge is -2.40. The number of methoxy groups -OCH3 is 1. The Labute approximate surface area is 282 Å². The van der Waals surface area contributed by atoms with E-state index in [1.54, 1.807) is 40.9 Å². The Balaban J connectivity index is 1.30. The molecule has 14 heteroatoms. The summed E-state index contributed by atoms with van der Waals surface area (Å²) in [6, 6.07) is 6.70. The van der Waals surface area contributed by atoms with Crippen LogP contribution in [0.15, 0.2) is 24.3 Å². The molecule has 2 atom stereocenters. The molecule has 5 rings (SSSR count). The molecule has 0 unspecified atom stereocenters. The third-order valence-corrected chi connectivity index (χ3v) is 8.86. The Hall–Kier alpha value is -4.17. The van der Waals surface area contributed by atoms with Gasteiger partial charge in [0.25, 0.3) is 5.91 Å². The van der Waals surface area contributed by atoms with Crippen LogP contribution < -0.4 is 20.3 Å². The maximum atomic E-state index is 13.6. The lowest BCUT2D eigenvalue weighted by Crippen LogP contribution is -2.54. The molecule has 0 bridgehead atoms. The van der Waals surface area contributed by atoms with Crippen molar-refractivity contribution in [3.63, 3.8) is 0 Å². The Morgan fingerprint density at radius 2 is 1.77 bits per heavy atom. The number of carbonyl (C=O) groups is 3. The molecule has 0 spiro atoms. The SMILES string of the molecule is COCOc1ccc2c(c1)CN(C(=O)OC(C)(C)C)[C@H]([C@H](O)CNC(=O)c1cc(NC3CCN(C(C)=O)CC3)nc(N3CCCC3)n1)C2. The zero-order valence-corrected chi connectivity index (χ0v) is 28.7. The number of nitrogens with one attached hydrogen (secondary N) is 2. The van der Waals surface area contributed by atoms with Crippen LogP contribution in [0.4, 0.5) is 16.6 Å². The first-order valence-electron chi connectivity index (χ1n) is 16.8. The van der Waals surface area contributed by atoms with Gasteiger partial charge in [0.1, 0.15) is 22.9 Å². The molecule has 2 fully saturated rings. The predicted molar refractivity (Wildman–Crippen MR) is 179 cm³/mol. The lowest BCUT2D eigenvalue weighted by molar-refractivity contribution is -0.129. The van der Waals surface area contributed by atoms with Crippen molar-refractivity contribution in [2.75, 3.05) is 56.8 Å². The van der Waals surface area contributed by atoms with Crippen molar-refractivity contribution in [1.82, 2.24) is 25.1 Å². The van der Waals surface area contributed by atoms with Crippen LogP contribution in [0.1, 0.15) is 75.0 Å². The van der Waals surface area contributed by atoms with Crippen LogP contribution in [-0.4, -0.2) is 113 Å².